The molecule has 4 nitrogen and oxygen atoms in total. The van der Waals surface area contributed by atoms with E-state index in [4.69, 9.17) is 0 Å². The summed E-state index contributed by atoms with van der Waals surface area (Å²) in [5.41, 5.74) is 2.74. The van der Waals surface area contributed by atoms with Gasteiger partial charge in [-0.2, -0.15) is 22.8 Å². The van der Waals surface area contributed by atoms with Crippen molar-refractivity contribution >= 4 is 32.3 Å². The number of fused-ring (bicyclic) bond motifs is 3. The molecule has 1 heterocycles. The molecule has 0 aliphatic carbocycles. The zero-order valence-electron chi connectivity index (χ0n) is 16.7. The fraction of sp³-hybridized carbons (Fsp3) is 0.421. The summed E-state index contributed by atoms with van der Waals surface area (Å²) >= 11 is 0. The maximum Gasteiger partial charge on any atom is 1.00 e. The van der Waals surface area contributed by atoms with Crippen molar-refractivity contribution < 1.29 is 76.7 Å². The van der Waals surface area contributed by atoms with Crippen molar-refractivity contribution in [1.29, 1.82) is 0 Å². The molecule has 0 aromatic heterocycles. The third-order valence-electron chi connectivity index (χ3n) is 4.96. The van der Waals surface area contributed by atoms with E-state index in [9.17, 15) is 13.0 Å². The molecule has 0 radical (unpaired) electrons. The third-order valence-corrected chi connectivity index (χ3v) is 5.82. The first-order valence-corrected chi connectivity index (χ1v) is 9.50. The predicted molar refractivity (Wildman–Crippen MR) is 94.1 cm³/mol. The van der Waals surface area contributed by atoms with E-state index in [0.29, 0.717) is 11.3 Å². The second-order valence-electron chi connectivity index (χ2n) is 7.41. The van der Waals surface area contributed by atoms with Gasteiger partial charge in [0.25, 0.3) is 0 Å². The summed E-state index contributed by atoms with van der Waals surface area (Å²) in [6, 6.07) is 9.71. The molecule has 0 bridgehead atoms. The molecule has 7 heteroatoms. The number of nitrogens with zero attached hydrogens (tertiary/aromatic N) is 1. The minimum atomic E-state index is -4.57. The van der Waals surface area contributed by atoms with Gasteiger partial charge in [-0.25, -0.2) is 0 Å². The Bertz CT molecular complexity index is 980. The molecule has 128 valence electrons. The van der Waals surface area contributed by atoms with E-state index in [-0.39, 0.29) is 69.4 Å². The van der Waals surface area contributed by atoms with Crippen molar-refractivity contribution in [3.8, 4) is 0 Å². The molecule has 0 saturated heterocycles. The summed E-state index contributed by atoms with van der Waals surface area (Å²) in [4.78, 5) is -0.177. The third kappa shape index (κ3) is 4.01. The molecule has 0 spiro atoms. The summed E-state index contributed by atoms with van der Waals surface area (Å²) in [5.74, 6) is 0.462. The van der Waals surface area contributed by atoms with Crippen molar-refractivity contribution in [3.63, 3.8) is 0 Å². The Hall–Kier alpha value is 0.280. The van der Waals surface area contributed by atoms with Crippen molar-refractivity contribution in [2.24, 2.45) is 5.92 Å². The molecule has 0 saturated carbocycles. The first-order chi connectivity index (χ1) is 11.0. The largest absolute Gasteiger partial charge is 1.00 e. The Morgan fingerprint density at radius 2 is 1.81 bits per heavy atom. The summed E-state index contributed by atoms with van der Waals surface area (Å²) in [6.07, 6.45) is 0. The predicted octanol–water partition coefficient (Wildman–Crippen LogP) is -2.40. The van der Waals surface area contributed by atoms with Gasteiger partial charge in [0.15, 0.2) is 12.3 Å². The Morgan fingerprint density at radius 1 is 1.19 bits per heavy atom. The second kappa shape index (κ2) is 8.34. The van der Waals surface area contributed by atoms with E-state index >= 15 is 0 Å². The van der Waals surface area contributed by atoms with E-state index in [0.717, 1.165) is 23.2 Å². The molecule has 0 N–H and O–H groups in total. The van der Waals surface area contributed by atoms with Crippen molar-refractivity contribution in [1.82, 2.24) is 0 Å². The van der Waals surface area contributed by atoms with Gasteiger partial charge in [-0.1, -0.05) is 13.8 Å². The van der Waals surface area contributed by atoms with Gasteiger partial charge in [-0.15, -0.1) is 16.8 Å². The van der Waals surface area contributed by atoms with Gasteiger partial charge >= 0.3 is 59.1 Å². The van der Waals surface area contributed by atoms with Crippen LogP contribution >= 0.6 is 0 Å². The number of rotatable bonds is 3. The average Bonchev–Trinajstić information content (AvgIpc) is 2.66. The molecule has 26 heavy (non-hydrogen) atoms. The van der Waals surface area contributed by atoms with Crippen molar-refractivity contribution in [2.75, 3.05) is 6.54 Å². The van der Waals surface area contributed by atoms with Crippen molar-refractivity contribution in [2.45, 2.75) is 44.9 Å². The van der Waals surface area contributed by atoms with Crippen molar-refractivity contribution in [3.05, 3.63) is 35.9 Å². The number of benzene rings is 2. The Labute approximate surface area is 200 Å². The van der Waals surface area contributed by atoms with Crippen LogP contribution in [0.3, 0.4) is 0 Å². The first-order valence-electron chi connectivity index (χ1n) is 8.10. The maximum absolute atomic E-state index is 11.8. The summed E-state index contributed by atoms with van der Waals surface area (Å²) in [7, 11) is -4.57. The molecule has 2 aromatic rings. The fourth-order valence-electron chi connectivity index (χ4n) is 3.63. The Morgan fingerprint density at radius 3 is 2.35 bits per heavy atom. The topological polar surface area (TPSA) is 60.2 Å². The van der Waals surface area contributed by atoms with Gasteiger partial charge in [0.05, 0.1) is 15.5 Å². The van der Waals surface area contributed by atoms with Gasteiger partial charge in [-0.05, 0) is 24.8 Å². The van der Waals surface area contributed by atoms with Crippen LogP contribution in [-0.2, 0) is 15.5 Å². The van der Waals surface area contributed by atoms with Crippen LogP contribution in [0.2, 0.25) is 0 Å². The van der Waals surface area contributed by atoms with E-state index in [1.54, 1.807) is 6.07 Å². The summed E-state index contributed by atoms with van der Waals surface area (Å²) < 4.78 is 37.7. The van der Waals surface area contributed by atoms with Gasteiger partial charge < -0.3 is 4.55 Å². The average molecular weight is 390 g/mol. The zero-order chi connectivity index (χ0) is 17.9. The van der Waals surface area contributed by atoms with Gasteiger partial charge in [-0.3, -0.25) is 8.42 Å². The van der Waals surface area contributed by atoms with Crippen LogP contribution in [0, 0.1) is 12.0 Å². The number of hydrogen-bond acceptors (Lipinski definition) is 3. The SMILES string of the molecule is CC1=[N+](CC(C)C)c2ccc3c[c-]cc(S(=O)(=O)[O-])c3c2C1(C)C.[Na+].[Na+]. The van der Waals surface area contributed by atoms with E-state index in [1.165, 1.54) is 11.8 Å². The molecule has 0 atom stereocenters. The van der Waals surface area contributed by atoms with Crippen LogP contribution in [0.5, 0.6) is 0 Å². The van der Waals surface area contributed by atoms with E-state index in [1.807, 2.05) is 12.1 Å². The molecule has 0 unspecified atom stereocenters. The summed E-state index contributed by atoms with van der Waals surface area (Å²) in [5, 5.41) is 1.27. The van der Waals surface area contributed by atoms with Crippen LogP contribution in [0.4, 0.5) is 5.69 Å². The molecular weight excluding hydrogens is 368 g/mol. The van der Waals surface area contributed by atoms with Crippen LogP contribution in [0.1, 0.15) is 40.2 Å². The normalized spacial score (nSPS) is 15.7. The maximum atomic E-state index is 11.8. The molecule has 3 rings (SSSR count). The molecule has 0 amide bonds. The molecule has 1 aliphatic heterocycles. The first kappa shape index (κ1) is 24.3. The van der Waals surface area contributed by atoms with Gasteiger partial charge in [0.2, 0.25) is 5.69 Å². The van der Waals surface area contributed by atoms with Gasteiger partial charge in [0, 0.05) is 18.4 Å². The standard InChI is InChI=1S/C19H23NO3S.2Na/c1-12(2)11-20-13(3)19(4,5)18-15(20)10-9-14-7-6-8-16(17(14)18)24(21,22)23;;/h7-10,12H,11H2,1-5H3,(H,21,22,23);;/q;2*+1/p-1. The van der Waals surface area contributed by atoms with Crippen LogP contribution in [0.15, 0.2) is 29.2 Å². The minimum absolute atomic E-state index is 0. The van der Waals surface area contributed by atoms with Crippen LogP contribution in [-0.4, -0.2) is 29.8 Å². The molecule has 2 aromatic carbocycles. The van der Waals surface area contributed by atoms with E-state index < -0.39 is 10.1 Å². The van der Waals surface area contributed by atoms with Crippen LogP contribution in [0.25, 0.3) is 10.8 Å². The monoisotopic (exact) mass is 390 g/mol. The van der Waals surface area contributed by atoms with Gasteiger partial charge in [0.1, 0.15) is 0 Å². The second-order valence-corrected chi connectivity index (χ2v) is 8.76. The molecule has 0 fully saturated rings. The minimum Gasteiger partial charge on any atom is -0.754 e. The Kier molecular flexibility index (Phi) is 7.80. The zero-order valence-corrected chi connectivity index (χ0v) is 21.5. The molecule has 1 aliphatic rings. The smallest absolute Gasteiger partial charge is 0.754 e. The number of hydrogen-bond donors (Lipinski definition) is 0. The molecular formula is C19H22NNa2O3S+. The van der Waals surface area contributed by atoms with E-state index in [2.05, 4.69) is 45.3 Å². The Balaban J connectivity index is 0.00000169. The summed E-state index contributed by atoms with van der Waals surface area (Å²) in [6.45, 7) is 11.4. The quantitative estimate of drug-likeness (QED) is 0.254. The fourth-order valence-corrected chi connectivity index (χ4v) is 4.31. The van der Waals surface area contributed by atoms with Crippen LogP contribution < -0.4 is 59.1 Å².